The minimum absolute atomic E-state index is 0.0171. The van der Waals surface area contributed by atoms with E-state index in [9.17, 15) is 4.79 Å². The highest BCUT2D eigenvalue weighted by atomic mass is 16.5. The Kier molecular flexibility index (Phi) is 5.36. The van der Waals surface area contributed by atoms with E-state index in [4.69, 9.17) is 10.5 Å². The number of hydrogen-bond acceptors (Lipinski definition) is 3. The van der Waals surface area contributed by atoms with Crippen LogP contribution in [0, 0.1) is 13.8 Å². The molecule has 0 spiro atoms. The Hall–Kier alpha value is -1.55. The van der Waals surface area contributed by atoms with Crippen molar-refractivity contribution in [2.45, 2.75) is 33.8 Å². The third-order valence-corrected chi connectivity index (χ3v) is 3.07. The summed E-state index contributed by atoms with van der Waals surface area (Å²) in [7, 11) is 1.78. The van der Waals surface area contributed by atoms with Crippen LogP contribution in [-0.4, -0.2) is 37.1 Å². The fraction of sp³-hybridized carbons (Fsp3) is 0.533. The standard InChI is InChI=1S/C15H24N2O2/c1-10(2)19-7-6-17(5)15(18)13-9-14(16)12(4)8-11(13)3/h8-10H,6-7,16H2,1-5H3. The Morgan fingerprint density at radius 3 is 2.53 bits per heavy atom. The molecule has 0 radical (unpaired) electrons. The van der Waals surface area contributed by atoms with Gasteiger partial charge in [0.25, 0.3) is 5.91 Å². The largest absolute Gasteiger partial charge is 0.398 e. The van der Waals surface area contributed by atoms with Crippen LogP contribution in [0.4, 0.5) is 5.69 Å². The molecule has 4 heteroatoms. The highest BCUT2D eigenvalue weighted by molar-refractivity contribution is 5.96. The zero-order valence-corrected chi connectivity index (χ0v) is 12.5. The predicted octanol–water partition coefficient (Wildman–Crippen LogP) is 2.38. The molecule has 0 saturated carbocycles. The number of ether oxygens (including phenoxy) is 1. The molecule has 0 bridgehead atoms. The lowest BCUT2D eigenvalue weighted by atomic mass is 10.0. The smallest absolute Gasteiger partial charge is 0.254 e. The van der Waals surface area contributed by atoms with Crippen LogP contribution < -0.4 is 5.73 Å². The van der Waals surface area contributed by atoms with Crippen molar-refractivity contribution < 1.29 is 9.53 Å². The summed E-state index contributed by atoms with van der Waals surface area (Å²) in [6.07, 6.45) is 0.181. The van der Waals surface area contributed by atoms with Crippen molar-refractivity contribution in [1.29, 1.82) is 0 Å². The maximum Gasteiger partial charge on any atom is 0.254 e. The molecule has 0 atom stereocenters. The van der Waals surface area contributed by atoms with E-state index >= 15 is 0 Å². The highest BCUT2D eigenvalue weighted by Gasteiger charge is 2.15. The molecule has 1 aromatic rings. The molecule has 1 rings (SSSR count). The van der Waals surface area contributed by atoms with Crippen molar-refractivity contribution in [2.24, 2.45) is 0 Å². The van der Waals surface area contributed by atoms with Gasteiger partial charge < -0.3 is 15.4 Å². The van der Waals surface area contributed by atoms with Crippen molar-refractivity contribution in [2.75, 3.05) is 25.9 Å². The van der Waals surface area contributed by atoms with Gasteiger partial charge in [-0.15, -0.1) is 0 Å². The molecule has 0 aliphatic heterocycles. The summed E-state index contributed by atoms with van der Waals surface area (Å²) >= 11 is 0. The van der Waals surface area contributed by atoms with Crippen molar-refractivity contribution in [3.8, 4) is 0 Å². The number of benzene rings is 1. The van der Waals surface area contributed by atoms with E-state index in [-0.39, 0.29) is 12.0 Å². The van der Waals surface area contributed by atoms with E-state index in [1.165, 1.54) is 0 Å². The van der Waals surface area contributed by atoms with Gasteiger partial charge in [0.05, 0.1) is 12.7 Å². The SMILES string of the molecule is Cc1cc(C)c(C(=O)N(C)CCOC(C)C)cc1N. The summed E-state index contributed by atoms with van der Waals surface area (Å²) < 4.78 is 5.45. The Balaban J connectivity index is 2.74. The summed E-state index contributed by atoms with van der Waals surface area (Å²) in [6, 6.07) is 3.70. The third kappa shape index (κ3) is 4.24. The molecule has 1 amide bonds. The number of aryl methyl sites for hydroxylation is 2. The first-order chi connectivity index (χ1) is 8.82. The van der Waals surface area contributed by atoms with Crippen LogP contribution in [0.5, 0.6) is 0 Å². The van der Waals surface area contributed by atoms with Crippen LogP contribution in [0.2, 0.25) is 0 Å². The van der Waals surface area contributed by atoms with Crippen molar-refractivity contribution in [3.63, 3.8) is 0 Å². The zero-order valence-electron chi connectivity index (χ0n) is 12.5. The first kappa shape index (κ1) is 15.5. The van der Waals surface area contributed by atoms with Gasteiger partial charge in [-0.3, -0.25) is 4.79 Å². The Morgan fingerprint density at radius 2 is 1.95 bits per heavy atom. The average molecular weight is 264 g/mol. The molecule has 0 heterocycles. The summed E-state index contributed by atoms with van der Waals surface area (Å²) in [6.45, 7) is 8.94. The Bertz CT molecular complexity index is 456. The van der Waals surface area contributed by atoms with E-state index < -0.39 is 0 Å². The van der Waals surface area contributed by atoms with Crippen LogP contribution >= 0.6 is 0 Å². The lowest BCUT2D eigenvalue weighted by Crippen LogP contribution is -2.31. The second-order valence-electron chi connectivity index (χ2n) is 5.17. The molecule has 0 unspecified atom stereocenters. The van der Waals surface area contributed by atoms with Gasteiger partial charge in [-0.2, -0.15) is 0 Å². The monoisotopic (exact) mass is 264 g/mol. The molecular weight excluding hydrogens is 240 g/mol. The molecule has 0 saturated heterocycles. The van der Waals surface area contributed by atoms with Crippen molar-refractivity contribution in [1.82, 2.24) is 4.90 Å². The molecule has 19 heavy (non-hydrogen) atoms. The van der Waals surface area contributed by atoms with Gasteiger partial charge in [0, 0.05) is 24.8 Å². The fourth-order valence-electron chi connectivity index (χ4n) is 1.83. The van der Waals surface area contributed by atoms with E-state index in [1.54, 1.807) is 18.0 Å². The van der Waals surface area contributed by atoms with Crippen LogP contribution in [0.25, 0.3) is 0 Å². The van der Waals surface area contributed by atoms with Crippen LogP contribution in [0.3, 0.4) is 0 Å². The van der Waals surface area contributed by atoms with Gasteiger partial charge in [-0.05, 0) is 44.9 Å². The van der Waals surface area contributed by atoms with Gasteiger partial charge in [0.1, 0.15) is 0 Å². The molecule has 0 fully saturated rings. The summed E-state index contributed by atoms with van der Waals surface area (Å²) in [5, 5.41) is 0. The van der Waals surface area contributed by atoms with Crippen molar-refractivity contribution in [3.05, 3.63) is 28.8 Å². The van der Waals surface area contributed by atoms with Crippen molar-refractivity contribution >= 4 is 11.6 Å². The lowest BCUT2D eigenvalue weighted by molar-refractivity contribution is 0.0531. The van der Waals surface area contributed by atoms with Crippen LogP contribution in [-0.2, 0) is 4.74 Å². The normalized spacial score (nSPS) is 10.8. The number of likely N-dealkylation sites (N-methyl/N-ethyl adjacent to an activating group) is 1. The first-order valence-electron chi connectivity index (χ1n) is 6.56. The predicted molar refractivity (Wildman–Crippen MR) is 78.4 cm³/mol. The maximum absolute atomic E-state index is 12.3. The minimum Gasteiger partial charge on any atom is -0.398 e. The van der Waals surface area contributed by atoms with Gasteiger partial charge in [0.15, 0.2) is 0 Å². The number of anilines is 1. The number of nitrogens with two attached hydrogens (primary N) is 1. The quantitative estimate of drug-likeness (QED) is 0.831. The molecule has 0 aliphatic rings. The van der Waals surface area contributed by atoms with Gasteiger partial charge in [-0.25, -0.2) is 0 Å². The molecule has 106 valence electrons. The van der Waals surface area contributed by atoms with E-state index in [2.05, 4.69) is 0 Å². The Morgan fingerprint density at radius 1 is 1.32 bits per heavy atom. The van der Waals surface area contributed by atoms with E-state index in [0.29, 0.717) is 24.4 Å². The van der Waals surface area contributed by atoms with Gasteiger partial charge in [0.2, 0.25) is 0 Å². The number of hydrogen-bond donors (Lipinski definition) is 1. The van der Waals surface area contributed by atoms with E-state index in [1.807, 2.05) is 33.8 Å². The van der Waals surface area contributed by atoms with E-state index in [0.717, 1.165) is 11.1 Å². The number of carbonyl (C=O) groups excluding carboxylic acids is 1. The number of rotatable bonds is 5. The molecular formula is C15H24N2O2. The topological polar surface area (TPSA) is 55.6 Å². The first-order valence-corrected chi connectivity index (χ1v) is 6.56. The van der Waals surface area contributed by atoms with Gasteiger partial charge >= 0.3 is 0 Å². The van der Waals surface area contributed by atoms with Gasteiger partial charge in [-0.1, -0.05) is 6.07 Å². The number of amides is 1. The average Bonchev–Trinajstić information content (AvgIpc) is 2.32. The zero-order chi connectivity index (χ0) is 14.6. The number of nitrogens with zero attached hydrogens (tertiary/aromatic N) is 1. The molecule has 0 aliphatic carbocycles. The molecule has 2 N–H and O–H groups in total. The highest BCUT2D eigenvalue weighted by Crippen LogP contribution is 2.19. The molecule has 4 nitrogen and oxygen atoms in total. The molecule has 1 aromatic carbocycles. The van der Waals surface area contributed by atoms with Crippen LogP contribution in [0.1, 0.15) is 35.3 Å². The second kappa shape index (κ2) is 6.57. The third-order valence-electron chi connectivity index (χ3n) is 3.07. The van der Waals surface area contributed by atoms with Crippen LogP contribution in [0.15, 0.2) is 12.1 Å². The summed E-state index contributed by atoms with van der Waals surface area (Å²) in [5.41, 5.74) is 9.14. The minimum atomic E-state index is -0.0171. The number of nitrogen functional groups attached to an aromatic ring is 1. The second-order valence-corrected chi connectivity index (χ2v) is 5.17. The number of carbonyl (C=O) groups is 1. The Labute approximate surface area is 115 Å². The summed E-state index contributed by atoms with van der Waals surface area (Å²) in [4.78, 5) is 14.0. The maximum atomic E-state index is 12.3. The molecule has 0 aromatic heterocycles. The fourth-order valence-corrected chi connectivity index (χ4v) is 1.83. The summed E-state index contributed by atoms with van der Waals surface area (Å²) in [5.74, 6) is -0.0171. The lowest BCUT2D eigenvalue weighted by Gasteiger charge is -2.20.